The van der Waals surface area contributed by atoms with E-state index in [-0.39, 0.29) is 0 Å². The molecule has 0 saturated carbocycles. The number of aryl methyl sites for hydroxylation is 1. The zero-order valence-corrected chi connectivity index (χ0v) is 9.05. The molecule has 2 heteroatoms. The molecule has 0 heterocycles. The van der Waals surface area contributed by atoms with Crippen LogP contribution in [0.5, 0.6) is 0 Å². The lowest BCUT2D eigenvalue weighted by molar-refractivity contribution is 0.778. The summed E-state index contributed by atoms with van der Waals surface area (Å²) < 4.78 is 1.13. The molecule has 0 aliphatic rings. The van der Waals surface area contributed by atoms with Crippen LogP contribution in [0.15, 0.2) is 28.7 Å². The maximum Gasteiger partial charge on any atom is 0.214 e. The van der Waals surface area contributed by atoms with Crippen LogP contribution < -0.4 is 0 Å². The summed E-state index contributed by atoms with van der Waals surface area (Å²) in [6.07, 6.45) is 3.20. The Morgan fingerprint density at radius 2 is 2.15 bits per heavy atom. The highest BCUT2D eigenvalue weighted by atomic mass is 79.9. The largest absolute Gasteiger partial charge is 0.317 e. The molecule has 0 radical (unpaired) electrons. The van der Waals surface area contributed by atoms with E-state index in [1.54, 1.807) is 0 Å². The van der Waals surface area contributed by atoms with Crippen molar-refractivity contribution in [3.05, 3.63) is 45.7 Å². The van der Waals surface area contributed by atoms with Crippen molar-refractivity contribution in [3.63, 3.8) is 0 Å². The van der Waals surface area contributed by atoms with Crippen LogP contribution in [-0.4, -0.2) is 6.54 Å². The lowest BCUT2D eigenvalue weighted by atomic mass is 10.1. The van der Waals surface area contributed by atoms with Gasteiger partial charge in [-0.3, -0.25) is 0 Å². The van der Waals surface area contributed by atoms with Crippen LogP contribution in [0.4, 0.5) is 0 Å². The van der Waals surface area contributed by atoms with Gasteiger partial charge < -0.3 is 4.85 Å². The fraction of sp³-hybridized carbons (Fsp3) is 0.364. The van der Waals surface area contributed by atoms with Gasteiger partial charge in [0.15, 0.2) is 0 Å². The number of hydrogen-bond donors (Lipinski definition) is 0. The second-order valence-electron chi connectivity index (χ2n) is 2.97. The molecule has 1 aromatic carbocycles. The van der Waals surface area contributed by atoms with Gasteiger partial charge in [0.25, 0.3) is 0 Å². The van der Waals surface area contributed by atoms with Gasteiger partial charge in [-0.05, 0) is 30.5 Å². The lowest BCUT2D eigenvalue weighted by Gasteiger charge is -1.99. The van der Waals surface area contributed by atoms with Crippen LogP contribution in [0.3, 0.4) is 0 Å². The van der Waals surface area contributed by atoms with Gasteiger partial charge in [-0.25, -0.2) is 6.57 Å². The third-order valence-electron chi connectivity index (χ3n) is 1.87. The van der Waals surface area contributed by atoms with E-state index in [0.717, 1.165) is 23.7 Å². The van der Waals surface area contributed by atoms with E-state index < -0.39 is 0 Å². The molecule has 0 unspecified atom stereocenters. The quantitative estimate of drug-likeness (QED) is 0.556. The van der Waals surface area contributed by atoms with E-state index in [9.17, 15) is 0 Å². The molecular weight excluding hydrogens is 226 g/mol. The van der Waals surface area contributed by atoms with Crippen molar-refractivity contribution in [1.29, 1.82) is 0 Å². The van der Waals surface area contributed by atoms with Crippen LogP contribution in [0.25, 0.3) is 4.85 Å². The molecule has 0 atom stereocenters. The number of hydrogen-bond acceptors (Lipinski definition) is 0. The van der Waals surface area contributed by atoms with Gasteiger partial charge in [0.2, 0.25) is 6.54 Å². The van der Waals surface area contributed by atoms with Crippen LogP contribution in [0.1, 0.15) is 18.4 Å². The topological polar surface area (TPSA) is 4.36 Å². The molecular formula is C11H12BrN. The fourth-order valence-corrected chi connectivity index (χ4v) is 1.66. The minimum Gasteiger partial charge on any atom is -0.317 e. The number of unbranched alkanes of at least 4 members (excludes halogenated alkanes) is 1. The number of nitrogens with zero attached hydrogens (tertiary/aromatic N) is 1. The van der Waals surface area contributed by atoms with Gasteiger partial charge in [0.1, 0.15) is 0 Å². The molecule has 0 fully saturated rings. The van der Waals surface area contributed by atoms with E-state index in [1.807, 2.05) is 12.1 Å². The predicted molar refractivity (Wildman–Crippen MR) is 58.5 cm³/mol. The minimum absolute atomic E-state index is 0.661. The van der Waals surface area contributed by atoms with E-state index in [0.29, 0.717) is 6.54 Å². The van der Waals surface area contributed by atoms with E-state index >= 15 is 0 Å². The summed E-state index contributed by atoms with van der Waals surface area (Å²) in [6.45, 7) is 7.30. The summed E-state index contributed by atoms with van der Waals surface area (Å²) in [4.78, 5) is 3.33. The van der Waals surface area contributed by atoms with Crippen LogP contribution >= 0.6 is 15.9 Å². The van der Waals surface area contributed by atoms with E-state index in [2.05, 4.69) is 32.9 Å². The zero-order chi connectivity index (χ0) is 9.52. The summed E-state index contributed by atoms with van der Waals surface area (Å²) in [6, 6.07) is 8.34. The van der Waals surface area contributed by atoms with Gasteiger partial charge >= 0.3 is 0 Å². The minimum atomic E-state index is 0.661. The van der Waals surface area contributed by atoms with E-state index in [4.69, 9.17) is 6.57 Å². The molecule has 0 saturated heterocycles. The highest BCUT2D eigenvalue weighted by molar-refractivity contribution is 9.10. The van der Waals surface area contributed by atoms with Crippen LogP contribution in [0.2, 0.25) is 0 Å². The summed E-state index contributed by atoms with van der Waals surface area (Å²) >= 11 is 3.44. The first-order chi connectivity index (χ1) is 6.33. The van der Waals surface area contributed by atoms with Gasteiger partial charge in [-0.2, -0.15) is 0 Å². The number of rotatable bonds is 4. The Labute approximate surface area is 87.7 Å². The number of benzene rings is 1. The first kappa shape index (κ1) is 10.3. The van der Waals surface area contributed by atoms with Crippen LogP contribution in [0, 0.1) is 6.57 Å². The van der Waals surface area contributed by atoms with Gasteiger partial charge in [0.05, 0.1) is 0 Å². The molecule has 68 valence electrons. The Balaban J connectivity index is 2.33. The molecule has 0 amide bonds. The maximum absolute atomic E-state index is 6.64. The van der Waals surface area contributed by atoms with E-state index in [1.165, 1.54) is 5.56 Å². The second kappa shape index (κ2) is 5.77. The standard InChI is InChI=1S/C11H12BrN/c1-13-8-3-2-5-10-6-4-7-11(12)9-10/h4,6-7,9H,2-3,5,8H2. The molecule has 0 aliphatic carbocycles. The molecule has 0 spiro atoms. The van der Waals surface area contributed by atoms with Crippen molar-refractivity contribution in [3.8, 4) is 0 Å². The molecule has 0 aliphatic heterocycles. The molecule has 1 aromatic rings. The van der Waals surface area contributed by atoms with Crippen molar-refractivity contribution >= 4 is 15.9 Å². The summed E-state index contributed by atoms with van der Waals surface area (Å²) in [5.41, 5.74) is 1.35. The molecule has 0 bridgehead atoms. The van der Waals surface area contributed by atoms with Crippen molar-refractivity contribution in [1.82, 2.24) is 0 Å². The lowest BCUT2D eigenvalue weighted by Crippen LogP contribution is -1.86. The molecule has 0 aromatic heterocycles. The third kappa shape index (κ3) is 4.10. The second-order valence-corrected chi connectivity index (χ2v) is 3.88. The first-order valence-corrected chi connectivity index (χ1v) is 5.20. The van der Waals surface area contributed by atoms with Crippen molar-refractivity contribution in [2.75, 3.05) is 6.54 Å². The van der Waals surface area contributed by atoms with Crippen molar-refractivity contribution in [2.24, 2.45) is 0 Å². The fourth-order valence-electron chi connectivity index (χ4n) is 1.21. The zero-order valence-electron chi connectivity index (χ0n) is 7.46. The summed E-state index contributed by atoms with van der Waals surface area (Å²) in [7, 11) is 0. The van der Waals surface area contributed by atoms with Gasteiger partial charge in [-0.15, -0.1) is 0 Å². The summed E-state index contributed by atoms with van der Waals surface area (Å²) in [5.74, 6) is 0. The number of halogens is 1. The Morgan fingerprint density at radius 3 is 2.85 bits per heavy atom. The third-order valence-corrected chi connectivity index (χ3v) is 2.37. The normalized spacial score (nSPS) is 9.54. The smallest absolute Gasteiger partial charge is 0.214 e. The van der Waals surface area contributed by atoms with Gasteiger partial charge in [-0.1, -0.05) is 28.1 Å². The highest BCUT2D eigenvalue weighted by Crippen LogP contribution is 2.13. The Hall–Kier alpha value is -0.810. The monoisotopic (exact) mass is 237 g/mol. The van der Waals surface area contributed by atoms with Gasteiger partial charge in [0, 0.05) is 10.9 Å². The Morgan fingerprint density at radius 1 is 1.31 bits per heavy atom. The molecule has 1 nitrogen and oxygen atoms in total. The van der Waals surface area contributed by atoms with Crippen molar-refractivity contribution in [2.45, 2.75) is 19.3 Å². The average molecular weight is 238 g/mol. The predicted octanol–water partition coefficient (Wildman–Crippen LogP) is 3.69. The maximum atomic E-state index is 6.64. The molecule has 0 N–H and O–H groups in total. The Bertz CT molecular complexity index is 301. The Kier molecular flexibility index (Phi) is 4.56. The van der Waals surface area contributed by atoms with Crippen LogP contribution in [-0.2, 0) is 6.42 Å². The first-order valence-electron chi connectivity index (χ1n) is 4.40. The average Bonchev–Trinajstić information content (AvgIpc) is 2.13. The van der Waals surface area contributed by atoms with Crippen molar-refractivity contribution < 1.29 is 0 Å². The molecule has 1 rings (SSSR count). The highest BCUT2D eigenvalue weighted by Gasteiger charge is 1.94. The SMILES string of the molecule is [C-]#[N+]CCCCc1cccc(Br)c1. The molecule has 13 heavy (non-hydrogen) atoms. The summed E-state index contributed by atoms with van der Waals surface area (Å²) in [5, 5.41) is 0.